The van der Waals surface area contributed by atoms with E-state index in [1.165, 1.54) is 4.88 Å². The minimum absolute atomic E-state index is 0.759. The second-order valence-electron chi connectivity index (χ2n) is 2.92. The van der Waals surface area contributed by atoms with Crippen molar-refractivity contribution in [1.82, 2.24) is 9.97 Å². The molecule has 0 aliphatic rings. The van der Waals surface area contributed by atoms with Gasteiger partial charge in [0, 0.05) is 28.6 Å². The van der Waals surface area contributed by atoms with Crippen LogP contribution in [-0.4, -0.2) is 9.97 Å². The van der Waals surface area contributed by atoms with Gasteiger partial charge in [-0.2, -0.15) is 12.6 Å². The van der Waals surface area contributed by atoms with Gasteiger partial charge in [-0.05, 0) is 19.1 Å². The molecule has 2 rings (SSSR count). The van der Waals surface area contributed by atoms with Gasteiger partial charge in [0.2, 0.25) is 0 Å². The van der Waals surface area contributed by atoms with Crippen LogP contribution >= 0.6 is 24.0 Å². The summed E-state index contributed by atoms with van der Waals surface area (Å²) in [4.78, 5) is 9.71. The van der Waals surface area contributed by atoms with E-state index in [2.05, 4.69) is 22.6 Å². The van der Waals surface area contributed by atoms with Crippen molar-refractivity contribution in [1.29, 1.82) is 0 Å². The molecule has 0 radical (unpaired) electrons. The van der Waals surface area contributed by atoms with Gasteiger partial charge < -0.3 is 0 Å². The fourth-order valence-electron chi connectivity index (χ4n) is 1.19. The van der Waals surface area contributed by atoms with Crippen molar-refractivity contribution in [3.05, 3.63) is 35.1 Å². The Balaban J connectivity index is 2.43. The van der Waals surface area contributed by atoms with Crippen molar-refractivity contribution in [3.8, 4) is 10.6 Å². The molecule has 0 atom stereocenters. The fraction of sp³-hybridized carbons (Fsp3) is 0.200. The van der Waals surface area contributed by atoms with E-state index in [1.54, 1.807) is 23.7 Å². The molecule has 0 aromatic carbocycles. The predicted molar refractivity (Wildman–Crippen MR) is 62.8 cm³/mol. The fourth-order valence-corrected chi connectivity index (χ4v) is 2.54. The summed E-state index contributed by atoms with van der Waals surface area (Å²) in [6, 6.07) is 3.95. The average Bonchev–Trinajstić information content (AvgIpc) is 2.61. The summed E-state index contributed by atoms with van der Waals surface area (Å²) in [5, 5.41) is 1.05. The molecule has 2 nitrogen and oxygen atoms in total. The largest absolute Gasteiger partial charge is 0.265 e. The van der Waals surface area contributed by atoms with Crippen molar-refractivity contribution in [2.75, 3.05) is 0 Å². The van der Waals surface area contributed by atoms with Crippen LogP contribution in [0.5, 0.6) is 0 Å². The summed E-state index contributed by atoms with van der Waals surface area (Å²) in [5.41, 5.74) is 2.21. The van der Waals surface area contributed by atoms with Gasteiger partial charge in [-0.25, -0.2) is 4.98 Å². The van der Waals surface area contributed by atoms with Gasteiger partial charge in [0.25, 0.3) is 0 Å². The molecule has 0 fully saturated rings. The van der Waals surface area contributed by atoms with Crippen LogP contribution in [0.25, 0.3) is 10.6 Å². The zero-order chi connectivity index (χ0) is 9.97. The van der Waals surface area contributed by atoms with Crippen molar-refractivity contribution in [2.45, 2.75) is 12.7 Å². The van der Waals surface area contributed by atoms with E-state index in [1.807, 2.05) is 19.1 Å². The Kier molecular flexibility index (Phi) is 2.84. The van der Waals surface area contributed by atoms with E-state index in [9.17, 15) is 0 Å². The maximum atomic E-state index is 4.49. The predicted octanol–water partition coefficient (Wildman–Crippen LogP) is 2.94. The molecule has 0 spiro atoms. The number of thiazole rings is 1. The molecule has 2 heterocycles. The quantitative estimate of drug-likeness (QED) is 0.791. The number of aromatic nitrogens is 2. The Morgan fingerprint density at radius 3 is 2.64 bits per heavy atom. The Hall–Kier alpha value is -0.870. The second kappa shape index (κ2) is 4.11. The molecule has 0 aliphatic heterocycles. The highest BCUT2D eigenvalue weighted by Crippen LogP contribution is 2.28. The van der Waals surface area contributed by atoms with Gasteiger partial charge in [-0.1, -0.05) is 0 Å². The lowest BCUT2D eigenvalue weighted by molar-refractivity contribution is 1.22. The molecule has 14 heavy (non-hydrogen) atoms. The van der Waals surface area contributed by atoms with Crippen LogP contribution in [0, 0.1) is 6.92 Å². The Morgan fingerprint density at radius 2 is 2.07 bits per heavy atom. The molecule has 4 heteroatoms. The first-order valence-electron chi connectivity index (χ1n) is 4.29. The molecule has 0 unspecified atom stereocenters. The average molecular weight is 222 g/mol. The zero-order valence-electron chi connectivity index (χ0n) is 7.77. The SMILES string of the molecule is Cc1nc(-c2ccncc2)sc1CS. The number of hydrogen-bond acceptors (Lipinski definition) is 4. The monoisotopic (exact) mass is 222 g/mol. The van der Waals surface area contributed by atoms with E-state index in [-0.39, 0.29) is 0 Å². The minimum atomic E-state index is 0.759. The third kappa shape index (κ3) is 1.81. The van der Waals surface area contributed by atoms with Crippen LogP contribution in [-0.2, 0) is 5.75 Å². The highest BCUT2D eigenvalue weighted by molar-refractivity contribution is 7.79. The van der Waals surface area contributed by atoms with E-state index >= 15 is 0 Å². The van der Waals surface area contributed by atoms with Gasteiger partial charge in [0.15, 0.2) is 0 Å². The number of thiol groups is 1. The normalized spacial score (nSPS) is 10.4. The lowest BCUT2D eigenvalue weighted by Crippen LogP contribution is -1.78. The summed E-state index contributed by atoms with van der Waals surface area (Å²) in [5.74, 6) is 0.759. The van der Waals surface area contributed by atoms with Crippen molar-refractivity contribution in [2.24, 2.45) is 0 Å². The number of rotatable bonds is 2. The number of pyridine rings is 1. The van der Waals surface area contributed by atoms with Crippen LogP contribution in [0.15, 0.2) is 24.5 Å². The third-order valence-electron chi connectivity index (χ3n) is 1.96. The van der Waals surface area contributed by atoms with Gasteiger partial charge in [0.05, 0.1) is 5.69 Å². The smallest absolute Gasteiger partial charge is 0.123 e. The first-order valence-corrected chi connectivity index (χ1v) is 5.73. The zero-order valence-corrected chi connectivity index (χ0v) is 9.48. The minimum Gasteiger partial charge on any atom is -0.265 e. The van der Waals surface area contributed by atoms with Gasteiger partial charge in [-0.3, -0.25) is 4.98 Å². The highest BCUT2D eigenvalue weighted by Gasteiger charge is 2.07. The summed E-state index contributed by atoms with van der Waals surface area (Å²) in [6.45, 7) is 2.02. The lowest BCUT2D eigenvalue weighted by atomic mass is 10.3. The Bertz CT molecular complexity index is 423. The first-order chi connectivity index (χ1) is 6.81. The summed E-state index contributed by atoms with van der Waals surface area (Å²) in [6.07, 6.45) is 3.57. The van der Waals surface area contributed by atoms with Gasteiger partial charge >= 0.3 is 0 Å². The molecular weight excluding hydrogens is 212 g/mol. The number of hydrogen-bond donors (Lipinski definition) is 1. The molecule has 0 aliphatic carbocycles. The molecule has 2 aromatic heterocycles. The van der Waals surface area contributed by atoms with Crippen LogP contribution < -0.4 is 0 Å². The number of aryl methyl sites for hydroxylation is 1. The summed E-state index contributed by atoms with van der Waals surface area (Å²) in [7, 11) is 0. The maximum absolute atomic E-state index is 4.49. The summed E-state index contributed by atoms with van der Waals surface area (Å²) < 4.78 is 0. The van der Waals surface area contributed by atoms with Crippen LogP contribution in [0.4, 0.5) is 0 Å². The molecule has 0 amide bonds. The highest BCUT2D eigenvalue weighted by atomic mass is 32.1. The molecule has 0 saturated carbocycles. The molecule has 72 valence electrons. The standard InChI is InChI=1S/C10H10N2S2/c1-7-9(6-13)14-10(12-7)8-2-4-11-5-3-8/h2-5,13H,6H2,1H3. The van der Waals surface area contributed by atoms with Crippen molar-refractivity contribution in [3.63, 3.8) is 0 Å². The lowest BCUT2D eigenvalue weighted by Gasteiger charge is -1.92. The van der Waals surface area contributed by atoms with E-state index in [4.69, 9.17) is 0 Å². The molecule has 0 saturated heterocycles. The molecule has 2 aromatic rings. The van der Waals surface area contributed by atoms with Gasteiger partial charge in [0.1, 0.15) is 5.01 Å². The Labute approximate surface area is 92.5 Å². The van der Waals surface area contributed by atoms with Crippen molar-refractivity contribution >= 4 is 24.0 Å². The van der Waals surface area contributed by atoms with E-state index in [0.717, 1.165) is 22.0 Å². The van der Waals surface area contributed by atoms with Gasteiger partial charge in [-0.15, -0.1) is 11.3 Å². The van der Waals surface area contributed by atoms with Crippen LogP contribution in [0.3, 0.4) is 0 Å². The maximum Gasteiger partial charge on any atom is 0.123 e. The molecule has 0 bridgehead atoms. The van der Waals surface area contributed by atoms with E-state index < -0.39 is 0 Å². The topological polar surface area (TPSA) is 25.8 Å². The number of nitrogens with zero attached hydrogens (tertiary/aromatic N) is 2. The molecular formula is C10H10N2S2. The first kappa shape index (κ1) is 9.68. The van der Waals surface area contributed by atoms with E-state index in [0.29, 0.717) is 0 Å². The Morgan fingerprint density at radius 1 is 1.36 bits per heavy atom. The molecule has 0 N–H and O–H groups in total. The summed E-state index contributed by atoms with van der Waals surface area (Å²) >= 11 is 5.96. The van der Waals surface area contributed by atoms with Crippen LogP contribution in [0.1, 0.15) is 10.6 Å². The second-order valence-corrected chi connectivity index (χ2v) is 4.32. The van der Waals surface area contributed by atoms with Crippen molar-refractivity contribution < 1.29 is 0 Å². The van der Waals surface area contributed by atoms with Crippen LogP contribution in [0.2, 0.25) is 0 Å². The third-order valence-corrected chi connectivity index (χ3v) is 3.70.